The highest BCUT2D eigenvalue weighted by molar-refractivity contribution is 9.10. The van der Waals surface area contributed by atoms with Gasteiger partial charge in [0.1, 0.15) is 5.82 Å². The largest absolute Gasteiger partial charge is 0.493 e. The maximum atomic E-state index is 13.9. The van der Waals surface area contributed by atoms with Crippen molar-refractivity contribution in [3.05, 3.63) is 64.2 Å². The molecule has 1 aromatic heterocycles. The molecule has 9 nitrogen and oxygen atoms in total. The normalized spacial score (nSPS) is 10.9. The van der Waals surface area contributed by atoms with Gasteiger partial charge in [0.2, 0.25) is 11.8 Å². The van der Waals surface area contributed by atoms with Gasteiger partial charge in [-0.2, -0.15) is 0 Å². The lowest BCUT2D eigenvalue weighted by Crippen LogP contribution is -2.22. The van der Waals surface area contributed by atoms with E-state index in [1.807, 2.05) is 13.0 Å². The van der Waals surface area contributed by atoms with Crippen molar-refractivity contribution in [1.29, 1.82) is 0 Å². The summed E-state index contributed by atoms with van der Waals surface area (Å²) >= 11 is 4.35. The van der Waals surface area contributed by atoms with E-state index in [0.29, 0.717) is 33.5 Å². The first-order valence-corrected chi connectivity index (χ1v) is 12.6. The van der Waals surface area contributed by atoms with Crippen LogP contribution in [0.3, 0.4) is 0 Å². The number of halogens is 2. The average molecular weight is 578 g/mol. The summed E-state index contributed by atoms with van der Waals surface area (Å²) in [7, 11) is 3.10. The second kappa shape index (κ2) is 13.1. The van der Waals surface area contributed by atoms with Crippen molar-refractivity contribution in [2.24, 2.45) is 0 Å². The van der Waals surface area contributed by atoms with E-state index in [1.54, 1.807) is 43.1 Å². The van der Waals surface area contributed by atoms with Crippen LogP contribution in [0.1, 0.15) is 18.3 Å². The van der Waals surface area contributed by atoms with E-state index in [-0.39, 0.29) is 29.8 Å². The molecule has 2 amide bonds. The molecule has 0 saturated heterocycles. The van der Waals surface area contributed by atoms with Gasteiger partial charge in [-0.3, -0.25) is 9.59 Å². The van der Waals surface area contributed by atoms with Gasteiger partial charge in [-0.15, -0.1) is 10.2 Å². The Hall–Kier alpha value is -3.38. The predicted octanol–water partition coefficient (Wildman–Crippen LogP) is 4.28. The van der Waals surface area contributed by atoms with Crippen LogP contribution in [0.15, 0.2) is 52.1 Å². The van der Waals surface area contributed by atoms with Crippen molar-refractivity contribution in [3.8, 4) is 11.5 Å². The smallest absolute Gasteiger partial charge is 0.244 e. The molecule has 2 N–H and O–H groups in total. The third-order valence-corrected chi connectivity index (χ3v) is 6.36. The van der Waals surface area contributed by atoms with E-state index in [1.165, 1.54) is 30.0 Å². The summed E-state index contributed by atoms with van der Waals surface area (Å²) in [6, 6.07) is 9.74. The molecule has 3 aromatic rings. The summed E-state index contributed by atoms with van der Waals surface area (Å²) in [5.41, 5.74) is 0.879. The Kier molecular flexibility index (Phi) is 9.88. The van der Waals surface area contributed by atoms with Crippen molar-refractivity contribution >= 4 is 51.3 Å². The van der Waals surface area contributed by atoms with Crippen LogP contribution in [0.2, 0.25) is 0 Å². The lowest BCUT2D eigenvalue weighted by molar-refractivity contribution is -0.116. The lowest BCUT2D eigenvalue weighted by Gasteiger charge is -2.09. The maximum Gasteiger partial charge on any atom is 0.244 e. The van der Waals surface area contributed by atoms with E-state index < -0.39 is 5.82 Å². The van der Waals surface area contributed by atoms with Crippen LogP contribution in [0, 0.1) is 5.82 Å². The van der Waals surface area contributed by atoms with Crippen molar-refractivity contribution in [1.82, 2.24) is 20.1 Å². The van der Waals surface area contributed by atoms with Gasteiger partial charge in [-0.05, 0) is 48.9 Å². The first-order valence-electron chi connectivity index (χ1n) is 10.8. The van der Waals surface area contributed by atoms with Crippen LogP contribution in [-0.2, 0) is 22.7 Å². The zero-order valence-electron chi connectivity index (χ0n) is 19.9. The molecule has 12 heteroatoms. The van der Waals surface area contributed by atoms with E-state index >= 15 is 0 Å². The first kappa shape index (κ1) is 27.2. The predicted molar refractivity (Wildman–Crippen MR) is 140 cm³/mol. The number of benzene rings is 2. The second-order valence-corrected chi connectivity index (χ2v) is 9.13. The van der Waals surface area contributed by atoms with Crippen molar-refractivity contribution in [2.75, 3.05) is 25.3 Å². The molecule has 0 unspecified atom stereocenters. The Morgan fingerprint density at radius 2 is 1.92 bits per heavy atom. The molecule has 0 spiro atoms. The summed E-state index contributed by atoms with van der Waals surface area (Å²) in [5.74, 6) is 0.530. The van der Waals surface area contributed by atoms with E-state index in [9.17, 15) is 14.0 Å². The third kappa shape index (κ3) is 7.31. The fourth-order valence-corrected chi connectivity index (χ4v) is 4.29. The van der Waals surface area contributed by atoms with Crippen molar-refractivity contribution in [2.45, 2.75) is 25.2 Å². The topological polar surface area (TPSA) is 107 Å². The monoisotopic (exact) mass is 577 g/mol. The zero-order valence-corrected chi connectivity index (χ0v) is 22.3. The molecule has 0 saturated carbocycles. The Morgan fingerprint density at radius 1 is 1.14 bits per heavy atom. The van der Waals surface area contributed by atoms with E-state index in [4.69, 9.17) is 9.47 Å². The Morgan fingerprint density at radius 3 is 2.61 bits per heavy atom. The van der Waals surface area contributed by atoms with Crippen molar-refractivity contribution in [3.63, 3.8) is 0 Å². The molecule has 1 heterocycles. The van der Waals surface area contributed by atoms with E-state index in [2.05, 4.69) is 36.8 Å². The molecular formula is C24H25BrFN5O4S. The van der Waals surface area contributed by atoms with Gasteiger partial charge >= 0.3 is 0 Å². The molecule has 3 rings (SSSR count). The number of carbonyl (C=O) groups excluding carboxylic acids is 2. The number of hydrogen-bond donors (Lipinski definition) is 2. The number of anilines is 1. The highest BCUT2D eigenvalue weighted by Gasteiger charge is 2.15. The molecule has 190 valence electrons. The molecule has 0 aliphatic heterocycles. The first-order chi connectivity index (χ1) is 17.3. The molecule has 0 aliphatic carbocycles. The molecule has 0 fully saturated rings. The van der Waals surface area contributed by atoms with Crippen LogP contribution < -0.4 is 20.1 Å². The third-order valence-electron chi connectivity index (χ3n) is 4.90. The standard InChI is InChI=1S/C24H25BrFN5O4S/c1-4-31-21(13-27-22(32)10-6-15-5-9-19(34-2)20(11-15)35-3)29-30-24(31)36-14-23(33)28-18-8-7-16(25)12-17(18)26/h5-12H,4,13-14H2,1-3H3,(H,27,32)(H,28,33)/b10-6+. The summed E-state index contributed by atoms with van der Waals surface area (Å²) < 4.78 is 26.8. The maximum absolute atomic E-state index is 13.9. The molecule has 36 heavy (non-hydrogen) atoms. The number of hydrogen-bond acceptors (Lipinski definition) is 7. The number of thioether (sulfide) groups is 1. The Balaban J connectivity index is 1.54. The van der Waals surface area contributed by atoms with Gasteiger partial charge in [-0.25, -0.2) is 4.39 Å². The number of amides is 2. The minimum atomic E-state index is -0.530. The summed E-state index contributed by atoms with van der Waals surface area (Å²) in [4.78, 5) is 24.6. The van der Waals surface area contributed by atoms with Gasteiger partial charge in [-0.1, -0.05) is 33.8 Å². The lowest BCUT2D eigenvalue weighted by atomic mass is 10.2. The zero-order chi connectivity index (χ0) is 26.1. The van der Waals surface area contributed by atoms with Gasteiger partial charge < -0.3 is 24.7 Å². The summed E-state index contributed by atoms with van der Waals surface area (Å²) in [6.07, 6.45) is 3.07. The number of nitrogens with zero attached hydrogens (tertiary/aromatic N) is 3. The molecule has 0 bridgehead atoms. The number of aromatic nitrogens is 3. The number of ether oxygens (including phenoxy) is 2. The Labute approximate surface area is 220 Å². The van der Waals surface area contributed by atoms with Gasteiger partial charge in [0.25, 0.3) is 0 Å². The van der Waals surface area contributed by atoms with Crippen LogP contribution in [0.5, 0.6) is 11.5 Å². The summed E-state index contributed by atoms with van der Waals surface area (Å²) in [6.45, 7) is 2.62. The number of nitrogens with one attached hydrogen (secondary N) is 2. The minimum Gasteiger partial charge on any atom is -0.493 e. The molecule has 0 radical (unpaired) electrons. The molecular weight excluding hydrogens is 553 g/mol. The Bertz CT molecular complexity index is 1270. The minimum absolute atomic E-state index is 0.0219. The van der Waals surface area contributed by atoms with Crippen LogP contribution in [0.4, 0.5) is 10.1 Å². The molecule has 0 aliphatic rings. The average Bonchev–Trinajstić information content (AvgIpc) is 3.28. The highest BCUT2D eigenvalue weighted by Crippen LogP contribution is 2.28. The van der Waals surface area contributed by atoms with Crippen molar-refractivity contribution < 1.29 is 23.5 Å². The molecule has 2 aromatic carbocycles. The number of carbonyl (C=O) groups is 2. The van der Waals surface area contributed by atoms with E-state index in [0.717, 1.165) is 5.56 Å². The quantitative estimate of drug-likeness (QED) is 0.259. The fourth-order valence-electron chi connectivity index (χ4n) is 3.13. The number of rotatable bonds is 11. The van der Waals surface area contributed by atoms with Gasteiger partial charge in [0, 0.05) is 17.1 Å². The molecule has 0 atom stereocenters. The van der Waals surface area contributed by atoms with Gasteiger partial charge in [0.05, 0.1) is 32.2 Å². The summed E-state index contributed by atoms with van der Waals surface area (Å²) in [5, 5.41) is 14.1. The van der Waals surface area contributed by atoms with Gasteiger partial charge in [0.15, 0.2) is 22.5 Å². The second-order valence-electron chi connectivity index (χ2n) is 7.27. The van der Waals surface area contributed by atoms with Crippen LogP contribution in [-0.4, -0.2) is 46.6 Å². The highest BCUT2D eigenvalue weighted by atomic mass is 79.9. The van der Waals surface area contributed by atoms with Crippen LogP contribution >= 0.6 is 27.7 Å². The number of methoxy groups -OCH3 is 2. The SMILES string of the molecule is CCn1c(CNC(=O)/C=C/c2ccc(OC)c(OC)c2)nnc1SCC(=O)Nc1ccc(Br)cc1F. The van der Waals surface area contributed by atoms with Crippen LogP contribution in [0.25, 0.3) is 6.08 Å². The fraction of sp³-hybridized carbons (Fsp3) is 0.250.